The van der Waals surface area contributed by atoms with Crippen molar-refractivity contribution in [2.45, 2.75) is 63.3 Å². The molecule has 2 aromatic heterocycles. The summed E-state index contributed by atoms with van der Waals surface area (Å²) in [4.78, 5) is 13.4. The van der Waals surface area contributed by atoms with Crippen LogP contribution in [0.3, 0.4) is 0 Å². The molecule has 4 aromatic rings. The van der Waals surface area contributed by atoms with Gasteiger partial charge in [0.15, 0.2) is 5.82 Å². The number of nitrogens with one attached hydrogen (secondary N) is 1. The number of benzene rings is 2. The molecular weight excluding hydrogens is 597 g/mol. The second-order valence-electron chi connectivity index (χ2n) is 12.0. The first kappa shape index (κ1) is 28.9. The topological polar surface area (TPSA) is 79.5 Å². The molecule has 4 aliphatic rings. The van der Waals surface area contributed by atoms with Crippen molar-refractivity contribution in [3.63, 3.8) is 0 Å². The van der Waals surface area contributed by atoms with E-state index in [9.17, 15) is 8.78 Å². The fourth-order valence-corrected chi connectivity index (χ4v) is 8.58. The monoisotopic (exact) mass is 630 g/mol. The Labute approximate surface area is 257 Å². The second-order valence-corrected chi connectivity index (χ2v) is 13.5. The van der Waals surface area contributed by atoms with E-state index in [0.29, 0.717) is 62.1 Å². The van der Waals surface area contributed by atoms with Crippen LogP contribution in [0.15, 0.2) is 18.2 Å². The summed E-state index contributed by atoms with van der Waals surface area (Å²) in [5, 5.41) is 5.36. The summed E-state index contributed by atoms with van der Waals surface area (Å²) in [5.74, 6) is -0.395. The van der Waals surface area contributed by atoms with Gasteiger partial charge in [-0.3, -0.25) is 4.90 Å². The smallest absolute Gasteiger partial charge is 0.318 e. The van der Waals surface area contributed by atoms with Gasteiger partial charge in [-0.15, -0.1) is 11.3 Å². The van der Waals surface area contributed by atoms with Crippen LogP contribution in [-0.4, -0.2) is 72.5 Å². The van der Waals surface area contributed by atoms with E-state index in [-0.39, 0.29) is 22.1 Å². The molecule has 12 heteroatoms. The van der Waals surface area contributed by atoms with Crippen molar-refractivity contribution >= 4 is 54.7 Å². The highest BCUT2D eigenvalue weighted by Crippen LogP contribution is 2.45. The number of nitrogens with two attached hydrogens (primary N) is 1. The standard InChI is InChI=1S/C24H22ClF2N5OS.C7H12FN/c1-10-17-13(5-6-16(26)21(17)34-22(10)28)18-15(25)7-14-20(19(18)27)30-24(33-2)31-23(14)32-8-11-3-4-12(9-32)29-11;8-6-4-7-2-1-3-9(7)5-6/h5-7,11-12,29H,3-4,8-9,28H2,1-2H3;6-7H,1-5H2. The fraction of sp³-hybridized carbons (Fsp3) is 0.484. The van der Waals surface area contributed by atoms with Crippen LogP contribution in [0.5, 0.6) is 6.01 Å². The normalized spacial score (nSPS) is 24.9. The highest BCUT2D eigenvalue weighted by atomic mass is 35.5. The number of piperazine rings is 1. The molecule has 3 N–H and O–H groups in total. The van der Waals surface area contributed by atoms with Crippen molar-refractivity contribution < 1.29 is 17.9 Å². The summed E-state index contributed by atoms with van der Waals surface area (Å²) in [5.41, 5.74) is 7.53. The number of alkyl halides is 1. The van der Waals surface area contributed by atoms with E-state index in [1.54, 1.807) is 19.1 Å². The van der Waals surface area contributed by atoms with E-state index in [4.69, 9.17) is 22.1 Å². The molecule has 0 saturated carbocycles. The average molecular weight is 631 g/mol. The second kappa shape index (κ2) is 11.3. The number of hydrogen-bond acceptors (Lipinski definition) is 8. The lowest BCUT2D eigenvalue weighted by molar-refractivity contribution is 0.292. The quantitative estimate of drug-likeness (QED) is 0.268. The molecule has 0 amide bonds. The lowest BCUT2D eigenvalue weighted by Crippen LogP contribution is -2.51. The Bertz CT molecular complexity index is 1690. The minimum atomic E-state index is -0.598. The van der Waals surface area contributed by atoms with Crippen molar-refractivity contribution in [3.8, 4) is 17.1 Å². The van der Waals surface area contributed by atoms with E-state index in [1.807, 2.05) is 0 Å². The number of aryl methyl sites for hydroxylation is 1. The van der Waals surface area contributed by atoms with Gasteiger partial charge in [0.05, 0.1) is 21.8 Å². The van der Waals surface area contributed by atoms with Crippen LogP contribution in [0, 0.1) is 18.6 Å². The van der Waals surface area contributed by atoms with Gasteiger partial charge in [-0.2, -0.15) is 9.97 Å². The summed E-state index contributed by atoms with van der Waals surface area (Å²) in [6, 6.07) is 5.99. The summed E-state index contributed by atoms with van der Waals surface area (Å²) in [6.07, 6.45) is 5.02. The zero-order valence-corrected chi connectivity index (χ0v) is 25.7. The van der Waals surface area contributed by atoms with E-state index in [2.05, 4.69) is 25.1 Å². The molecule has 6 heterocycles. The molecule has 7 nitrogen and oxygen atoms in total. The zero-order valence-electron chi connectivity index (χ0n) is 24.1. The maximum atomic E-state index is 16.2. The molecule has 0 aliphatic carbocycles. The van der Waals surface area contributed by atoms with Crippen molar-refractivity contribution in [1.29, 1.82) is 0 Å². The Morgan fingerprint density at radius 2 is 1.88 bits per heavy atom. The molecule has 228 valence electrons. The first-order valence-corrected chi connectivity index (χ1v) is 16.0. The number of nitrogen functional groups attached to an aromatic ring is 1. The highest BCUT2D eigenvalue weighted by molar-refractivity contribution is 7.23. The minimum Gasteiger partial charge on any atom is -0.467 e. The van der Waals surface area contributed by atoms with Crippen molar-refractivity contribution in [2.75, 3.05) is 43.9 Å². The Balaban J connectivity index is 0.000000283. The largest absolute Gasteiger partial charge is 0.467 e. The summed E-state index contributed by atoms with van der Waals surface area (Å²) >= 11 is 7.86. The van der Waals surface area contributed by atoms with Crippen LogP contribution >= 0.6 is 22.9 Å². The molecule has 4 aliphatic heterocycles. The molecule has 43 heavy (non-hydrogen) atoms. The van der Waals surface area contributed by atoms with Gasteiger partial charge in [0.2, 0.25) is 0 Å². The van der Waals surface area contributed by atoms with E-state index >= 15 is 4.39 Å². The number of hydrogen-bond donors (Lipinski definition) is 2. The van der Waals surface area contributed by atoms with Crippen LogP contribution < -0.4 is 20.7 Å². The lowest BCUT2D eigenvalue weighted by atomic mass is 9.97. The van der Waals surface area contributed by atoms with Gasteiger partial charge < -0.3 is 20.7 Å². The molecule has 0 radical (unpaired) electrons. The molecule has 8 rings (SSSR count). The highest BCUT2D eigenvalue weighted by Gasteiger charge is 2.35. The number of methoxy groups -OCH3 is 1. The zero-order chi connectivity index (χ0) is 30.0. The maximum Gasteiger partial charge on any atom is 0.318 e. The Morgan fingerprint density at radius 3 is 2.60 bits per heavy atom. The summed E-state index contributed by atoms with van der Waals surface area (Å²) in [6.45, 7) is 5.18. The fourth-order valence-electron chi connectivity index (χ4n) is 7.28. The summed E-state index contributed by atoms with van der Waals surface area (Å²) < 4.78 is 49.1. The molecule has 4 atom stereocenters. The third-order valence-electron chi connectivity index (χ3n) is 9.34. The van der Waals surface area contributed by atoms with Gasteiger partial charge in [0.25, 0.3) is 0 Å². The number of anilines is 2. The Morgan fingerprint density at radius 1 is 1.12 bits per heavy atom. The molecule has 0 spiro atoms. The van der Waals surface area contributed by atoms with Gasteiger partial charge in [0, 0.05) is 54.1 Å². The van der Waals surface area contributed by atoms with Crippen LogP contribution in [0.1, 0.15) is 37.7 Å². The van der Waals surface area contributed by atoms with Gasteiger partial charge in [-0.05, 0) is 68.8 Å². The number of rotatable bonds is 3. The van der Waals surface area contributed by atoms with Crippen molar-refractivity contribution in [1.82, 2.24) is 20.2 Å². The Kier molecular flexibility index (Phi) is 7.56. The minimum absolute atomic E-state index is 0.0840. The molecule has 4 saturated heterocycles. The molecule has 4 unspecified atom stereocenters. The molecular formula is C31H34ClF3N6OS. The number of fused-ring (bicyclic) bond motifs is 5. The summed E-state index contributed by atoms with van der Waals surface area (Å²) in [7, 11) is 1.46. The third-order valence-corrected chi connectivity index (χ3v) is 10.8. The van der Waals surface area contributed by atoms with Crippen LogP contribution in [0.25, 0.3) is 32.1 Å². The van der Waals surface area contributed by atoms with Crippen molar-refractivity contribution in [3.05, 3.63) is 40.4 Å². The lowest BCUT2D eigenvalue weighted by Gasteiger charge is -2.34. The van der Waals surface area contributed by atoms with Crippen LogP contribution in [0.4, 0.5) is 24.0 Å². The SMILES string of the molecule is COc1nc(N2CC3CCC(C2)N3)c2cc(Cl)c(-c3ccc(F)c4sc(N)c(C)c34)c(F)c2n1.FC1CC2CCCN2C1. The number of halogens is 4. The number of thiophene rings is 1. The van der Waals surface area contributed by atoms with Gasteiger partial charge in [-0.1, -0.05) is 17.7 Å². The van der Waals surface area contributed by atoms with E-state index < -0.39 is 17.8 Å². The molecule has 4 fully saturated rings. The number of aromatic nitrogens is 2. The predicted octanol–water partition coefficient (Wildman–Crippen LogP) is 6.48. The van der Waals surface area contributed by atoms with Gasteiger partial charge in [0.1, 0.15) is 23.3 Å². The van der Waals surface area contributed by atoms with E-state index in [0.717, 1.165) is 50.2 Å². The van der Waals surface area contributed by atoms with Crippen LogP contribution in [0.2, 0.25) is 5.02 Å². The molecule has 2 bridgehead atoms. The van der Waals surface area contributed by atoms with E-state index in [1.165, 1.54) is 26.0 Å². The predicted molar refractivity (Wildman–Crippen MR) is 167 cm³/mol. The number of nitrogens with zero attached hydrogens (tertiary/aromatic N) is 4. The average Bonchev–Trinajstić information content (AvgIpc) is 3.74. The van der Waals surface area contributed by atoms with Crippen molar-refractivity contribution in [2.24, 2.45) is 0 Å². The first-order chi connectivity index (χ1) is 20.7. The maximum absolute atomic E-state index is 16.2. The van der Waals surface area contributed by atoms with Gasteiger partial charge >= 0.3 is 6.01 Å². The molecule has 2 aromatic carbocycles. The Hall–Kier alpha value is -2.86. The first-order valence-electron chi connectivity index (χ1n) is 14.8. The third kappa shape index (κ3) is 5.08. The van der Waals surface area contributed by atoms with Gasteiger partial charge in [-0.25, -0.2) is 13.2 Å². The van der Waals surface area contributed by atoms with Crippen LogP contribution in [-0.2, 0) is 0 Å². The number of ether oxygens (including phenoxy) is 1.